The van der Waals surface area contributed by atoms with E-state index in [1.807, 2.05) is 48.5 Å². The minimum absolute atomic E-state index is 0.337. The molecule has 6 nitrogen and oxygen atoms in total. The lowest BCUT2D eigenvalue weighted by atomic mass is 10.1. The first-order valence-electron chi connectivity index (χ1n) is 10.8. The van der Waals surface area contributed by atoms with Crippen LogP contribution in [0.4, 0.5) is 0 Å². The van der Waals surface area contributed by atoms with Crippen molar-refractivity contribution in [3.8, 4) is 45.4 Å². The normalized spacial score (nSPS) is 10.5. The Morgan fingerprint density at radius 3 is 1.63 bits per heavy atom. The van der Waals surface area contributed by atoms with Crippen molar-refractivity contribution in [2.45, 2.75) is 13.8 Å². The van der Waals surface area contributed by atoms with Crippen molar-refractivity contribution < 1.29 is 23.5 Å². The molecule has 0 radical (unpaired) electrons. The molecule has 2 aromatic heterocycles. The number of rotatable bonds is 7. The Labute approximate surface area is 203 Å². The lowest BCUT2D eigenvalue weighted by Gasteiger charge is -2.06. The number of hydrogen-bond acceptors (Lipinski definition) is 6. The summed E-state index contributed by atoms with van der Waals surface area (Å²) in [5.41, 5.74) is 4.07. The molecule has 0 aliphatic rings. The first-order chi connectivity index (χ1) is 16.8. The molecule has 174 valence electrons. The van der Waals surface area contributed by atoms with E-state index in [1.165, 1.54) is 0 Å². The third kappa shape index (κ3) is 5.62. The summed E-state index contributed by atoms with van der Waals surface area (Å²) in [5.74, 6) is 1.28. The molecule has 0 amide bonds. The number of nitrogens with zero attached hydrogens (tertiary/aromatic N) is 1. The maximum Gasteiger partial charge on any atom is 0.338 e. The highest BCUT2D eigenvalue weighted by atomic mass is 16.5. The van der Waals surface area contributed by atoms with E-state index in [0.717, 1.165) is 16.7 Å². The van der Waals surface area contributed by atoms with Crippen molar-refractivity contribution in [2.24, 2.45) is 0 Å². The predicted molar refractivity (Wildman–Crippen MR) is 134 cm³/mol. The Bertz CT molecular complexity index is 1390. The van der Waals surface area contributed by atoms with E-state index in [2.05, 4.69) is 18.1 Å². The van der Waals surface area contributed by atoms with Gasteiger partial charge in [0.05, 0.1) is 0 Å². The van der Waals surface area contributed by atoms with Crippen LogP contribution in [0, 0.1) is 0 Å². The lowest BCUT2D eigenvalue weighted by molar-refractivity contribution is -0.130. The average molecular weight is 466 g/mol. The van der Waals surface area contributed by atoms with Crippen molar-refractivity contribution in [1.29, 1.82) is 0 Å². The molecule has 0 aliphatic heterocycles. The van der Waals surface area contributed by atoms with Crippen LogP contribution in [0.1, 0.15) is 13.8 Å². The van der Waals surface area contributed by atoms with Gasteiger partial charge in [0.1, 0.15) is 23.0 Å². The van der Waals surface area contributed by atoms with Gasteiger partial charge in [0.2, 0.25) is 0 Å². The predicted octanol–water partition coefficient (Wildman–Crippen LogP) is 6.64. The summed E-state index contributed by atoms with van der Waals surface area (Å²) >= 11 is 0. The summed E-state index contributed by atoms with van der Waals surface area (Å²) in [6, 6.07) is 21.8. The van der Waals surface area contributed by atoms with Crippen LogP contribution >= 0.6 is 0 Å². The molecule has 4 rings (SSSR count). The van der Waals surface area contributed by atoms with Crippen LogP contribution < -0.4 is 9.47 Å². The van der Waals surface area contributed by atoms with E-state index in [-0.39, 0.29) is 0 Å². The number of carbonyl (C=O) groups is 2. The maximum atomic E-state index is 11.6. The number of pyridine rings is 1. The topological polar surface area (TPSA) is 78.6 Å². The highest BCUT2D eigenvalue weighted by Crippen LogP contribution is 2.30. The Kier molecular flexibility index (Phi) is 6.73. The Hall–Kier alpha value is -4.71. The molecular formula is C29H23NO5. The molecule has 0 saturated carbocycles. The van der Waals surface area contributed by atoms with Gasteiger partial charge in [-0.3, -0.25) is 4.98 Å². The molecule has 0 atom stereocenters. The number of aromatic nitrogens is 1. The smallest absolute Gasteiger partial charge is 0.338 e. The summed E-state index contributed by atoms with van der Waals surface area (Å²) in [7, 11) is 0. The highest BCUT2D eigenvalue weighted by Gasteiger charge is 2.11. The van der Waals surface area contributed by atoms with Crippen LogP contribution in [0.15, 0.2) is 108 Å². The number of hydrogen-bond donors (Lipinski definition) is 0. The number of benzene rings is 2. The van der Waals surface area contributed by atoms with Gasteiger partial charge in [-0.1, -0.05) is 31.4 Å². The molecule has 0 aliphatic carbocycles. The molecule has 0 spiro atoms. The first kappa shape index (κ1) is 23.4. The fourth-order valence-electron chi connectivity index (χ4n) is 3.13. The third-order valence-corrected chi connectivity index (χ3v) is 5.07. The van der Waals surface area contributed by atoms with E-state index >= 15 is 0 Å². The second-order valence-corrected chi connectivity index (χ2v) is 7.98. The van der Waals surface area contributed by atoms with Gasteiger partial charge in [-0.25, -0.2) is 9.59 Å². The van der Waals surface area contributed by atoms with Crippen molar-refractivity contribution in [2.75, 3.05) is 0 Å². The van der Waals surface area contributed by atoms with Crippen molar-refractivity contribution in [3.05, 3.63) is 103 Å². The number of carbonyl (C=O) groups excluding carboxylic acids is 2. The van der Waals surface area contributed by atoms with E-state index in [9.17, 15) is 9.59 Å². The zero-order valence-corrected chi connectivity index (χ0v) is 19.4. The maximum absolute atomic E-state index is 11.6. The van der Waals surface area contributed by atoms with Crippen molar-refractivity contribution in [1.82, 2.24) is 4.98 Å². The summed E-state index contributed by atoms with van der Waals surface area (Å²) < 4.78 is 16.4. The summed E-state index contributed by atoms with van der Waals surface area (Å²) in [5, 5.41) is 0. The van der Waals surface area contributed by atoms with Crippen LogP contribution in [0.5, 0.6) is 11.5 Å². The number of esters is 2. The van der Waals surface area contributed by atoms with Gasteiger partial charge >= 0.3 is 11.9 Å². The third-order valence-electron chi connectivity index (χ3n) is 5.07. The molecule has 0 N–H and O–H groups in total. The molecular weight excluding hydrogens is 442 g/mol. The second-order valence-electron chi connectivity index (χ2n) is 7.98. The Morgan fingerprint density at radius 1 is 0.657 bits per heavy atom. The van der Waals surface area contributed by atoms with Gasteiger partial charge in [0.15, 0.2) is 5.76 Å². The molecule has 2 aromatic carbocycles. The van der Waals surface area contributed by atoms with Crippen molar-refractivity contribution in [3.63, 3.8) is 0 Å². The second kappa shape index (κ2) is 10.1. The highest BCUT2D eigenvalue weighted by molar-refractivity contribution is 5.89. The molecule has 0 fully saturated rings. The Morgan fingerprint density at radius 2 is 1.14 bits per heavy atom. The van der Waals surface area contributed by atoms with Gasteiger partial charge in [-0.05, 0) is 74.0 Å². The van der Waals surface area contributed by atoms with E-state index < -0.39 is 11.9 Å². The minimum Gasteiger partial charge on any atom is -0.454 e. The zero-order valence-electron chi connectivity index (χ0n) is 19.4. The summed E-state index contributed by atoms with van der Waals surface area (Å²) in [6.07, 6.45) is 1.76. The molecule has 0 unspecified atom stereocenters. The fourth-order valence-corrected chi connectivity index (χ4v) is 3.13. The molecule has 35 heavy (non-hydrogen) atoms. The standard InChI is InChI=1S/C29H23NO5/c1-18(2)28(31)33-23-10-5-20(6-11-23)22-9-14-25(30-17-22)27-16-15-26(35-27)21-7-12-24(13-8-21)34-29(32)19(3)4/h5-17H,1,3H2,2,4H3. The van der Waals surface area contributed by atoms with E-state index in [0.29, 0.717) is 39.9 Å². The lowest BCUT2D eigenvalue weighted by Crippen LogP contribution is -2.07. The number of furan rings is 1. The van der Waals surface area contributed by atoms with Crippen LogP contribution in [0.3, 0.4) is 0 Å². The van der Waals surface area contributed by atoms with Crippen molar-refractivity contribution >= 4 is 11.9 Å². The summed E-state index contributed by atoms with van der Waals surface area (Å²) in [4.78, 5) is 27.8. The van der Waals surface area contributed by atoms with Crippen LogP contribution in [-0.4, -0.2) is 16.9 Å². The molecule has 2 heterocycles. The first-order valence-corrected chi connectivity index (χ1v) is 10.8. The average Bonchev–Trinajstić information content (AvgIpc) is 3.35. The largest absolute Gasteiger partial charge is 0.454 e. The van der Waals surface area contributed by atoms with Gasteiger partial charge in [-0.15, -0.1) is 0 Å². The minimum atomic E-state index is -0.463. The quantitative estimate of drug-likeness (QED) is 0.173. The summed E-state index contributed by atoms with van der Waals surface area (Å²) in [6.45, 7) is 10.4. The monoisotopic (exact) mass is 465 g/mol. The van der Waals surface area contributed by atoms with Crippen LogP contribution in [0.2, 0.25) is 0 Å². The molecule has 4 aromatic rings. The SMILES string of the molecule is C=C(C)C(=O)Oc1ccc(-c2ccc(-c3ccc(-c4ccc(OC(=O)C(=C)C)cc4)o3)nc2)cc1. The van der Waals surface area contributed by atoms with Gasteiger partial charge in [-0.2, -0.15) is 0 Å². The fraction of sp³-hybridized carbons (Fsp3) is 0.0690. The zero-order chi connectivity index (χ0) is 24.9. The Balaban J connectivity index is 1.45. The molecule has 0 saturated heterocycles. The molecule has 0 bridgehead atoms. The van der Waals surface area contributed by atoms with E-state index in [4.69, 9.17) is 13.9 Å². The van der Waals surface area contributed by atoms with Gasteiger partial charge in [0, 0.05) is 28.5 Å². The molecule has 6 heteroatoms. The van der Waals surface area contributed by atoms with Crippen LogP contribution in [-0.2, 0) is 9.59 Å². The van der Waals surface area contributed by atoms with Crippen LogP contribution in [0.25, 0.3) is 33.9 Å². The van der Waals surface area contributed by atoms with Gasteiger partial charge in [0.25, 0.3) is 0 Å². The van der Waals surface area contributed by atoms with Gasteiger partial charge < -0.3 is 13.9 Å². The van der Waals surface area contributed by atoms with E-state index in [1.54, 1.807) is 44.3 Å². The number of ether oxygens (including phenoxy) is 2.